The van der Waals surface area contributed by atoms with E-state index in [1.165, 1.54) is 0 Å². The summed E-state index contributed by atoms with van der Waals surface area (Å²) < 4.78 is 24.7. The number of fused-ring (bicyclic) bond motifs is 2. The molecule has 1 aliphatic carbocycles. The molecule has 1 aromatic carbocycles. The molecule has 2 N–H and O–H groups in total. The van der Waals surface area contributed by atoms with Crippen LogP contribution in [0.25, 0.3) is 11.2 Å². The molecule has 1 unspecified atom stereocenters. The highest BCUT2D eigenvalue weighted by molar-refractivity contribution is 7.42. The number of imidazole rings is 1. The van der Waals surface area contributed by atoms with Crippen molar-refractivity contribution in [3.63, 3.8) is 0 Å². The first kappa shape index (κ1) is 17.6. The lowest BCUT2D eigenvalue weighted by Crippen LogP contribution is -2.29. The zero-order valence-corrected chi connectivity index (χ0v) is 16.2. The highest BCUT2D eigenvalue weighted by atomic mass is 31.2. The van der Waals surface area contributed by atoms with Crippen LogP contribution in [0.15, 0.2) is 30.6 Å². The van der Waals surface area contributed by atoms with E-state index in [0.29, 0.717) is 42.2 Å². The topological polar surface area (TPSA) is 107 Å². The van der Waals surface area contributed by atoms with Crippen molar-refractivity contribution in [1.29, 1.82) is 0 Å². The molecule has 3 heterocycles. The lowest BCUT2D eigenvalue weighted by molar-refractivity contribution is 0.102. The predicted molar refractivity (Wildman–Crippen MR) is 103 cm³/mol. The van der Waals surface area contributed by atoms with E-state index in [0.717, 1.165) is 24.2 Å². The third-order valence-electron chi connectivity index (χ3n) is 5.09. The third-order valence-corrected chi connectivity index (χ3v) is 6.14. The fraction of sp³-hybridized carbons (Fsp3) is 0.389. The maximum Gasteiger partial charge on any atom is 0.397 e. The van der Waals surface area contributed by atoms with Crippen molar-refractivity contribution in [2.75, 3.05) is 19.5 Å². The lowest BCUT2D eigenvalue weighted by atomic mass is 9.81. The van der Waals surface area contributed by atoms with E-state index < -0.39 is 8.60 Å². The maximum atomic E-state index is 5.88. The summed E-state index contributed by atoms with van der Waals surface area (Å²) in [5, 5.41) is 0. The van der Waals surface area contributed by atoms with Crippen molar-refractivity contribution >= 4 is 25.7 Å². The van der Waals surface area contributed by atoms with Crippen LogP contribution in [-0.4, -0.2) is 33.2 Å². The van der Waals surface area contributed by atoms with Gasteiger partial charge in [0.25, 0.3) is 0 Å². The fourth-order valence-corrected chi connectivity index (χ4v) is 4.65. The van der Waals surface area contributed by atoms with Crippen molar-refractivity contribution in [3.05, 3.63) is 36.2 Å². The second kappa shape index (κ2) is 7.16. The molecule has 0 bridgehead atoms. The monoisotopic (exact) mass is 401 g/mol. The quantitative estimate of drug-likeness (QED) is 0.650. The molecule has 0 saturated heterocycles. The van der Waals surface area contributed by atoms with E-state index in [1.807, 2.05) is 28.8 Å². The summed E-state index contributed by atoms with van der Waals surface area (Å²) >= 11 is 0. The minimum Gasteiger partial charge on any atom is -0.479 e. The van der Waals surface area contributed by atoms with Crippen LogP contribution in [0.2, 0.25) is 0 Å². The number of ether oxygens (including phenoxy) is 1. The Morgan fingerprint density at radius 1 is 1.29 bits per heavy atom. The Balaban J connectivity index is 1.19. The molecule has 5 rings (SSSR count). The number of hydrogen-bond donors (Lipinski definition) is 1. The Hall–Kier alpha value is -2.48. The van der Waals surface area contributed by atoms with Gasteiger partial charge in [0.2, 0.25) is 11.8 Å². The van der Waals surface area contributed by atoms with Crippen LogP contribution in [0.3, 0.4) is 0 Å². The molecule has 9 nitrogen and oxygen atoms in total. The van der Waals surface area contributed by atoms with Gasteiger partial charge in [-0.25, -0.2) is 4.98 Å². The Morgan fingerprint density at radius 3 is 3.00 bits per heavy atom. The van der Waals surface area contributed by atoms with Crippen LogP contribution in [0.4, 0.5) is 5.95 Å². The van der Waals surface area contributed by atoms with Gasteiger partial charge in [-0.15, -0.1) is 0 Å². The first-order chi connectivity index (χ1) is 13.7. The number of nitrogens with two attached hydrogens (primary N) is 1. The number of methoxy groups -OCH3 is 1. The minimum atomic E-state index is -1.33. The summed E-state index contributed by atoms with van der Waals surface area (Å²) in [6.07, 6.45) is 3.71. The lowest BCUT2D eigenvalue weighted by Gasteiger charge is -2.36. The largest absolute Gasteiger partial charge is 0.479 e. The number of aromatic nitrogens is 4. The van der Waals surface area contributed by atoms with Gasteiger partial charge >= 0.3 is 8.60 Å². The molecule has 1 atom stereocenters. The van der Waals surface area contributed by atoms with Gasteiger partial charge in [-0.2, -0.15) is 9.97 Å². The van der Waals surface area contributed by atoms with Crippen LogP contribution in [0.1, 0.15) is 24.4 Å². The zero-order valence-electron chi connectivity index (χ0n) is 15.3. The van der Waals surface area contributed by atoms with E-state index in [-0.39, 0.29) is 5.95 Å². The standard InChI is InChI=1S/C18H20N5O4P/c1-24-17-15-16(21-18(19)22-17)23(10-20-15)13-6-11(7-13)8-25-28-26-9-12-4-2-3-5-14(12)27-28/h2-5,10-11,13H,6-9H2,1H3,(H2,19,21,22). The molecule has 10 heteroatoms. The predicted octanol–water partition coefficient (Wildman–Crippen LogP) is 3.22. The third kappa shape index (κ3) is 3.15. The van der Waals surface area contributed by atoms with Crippen molar-refractivity contribution in [2.24, 2.45) is 5.92 Å². The van der Waals surface area contributed by atoms with Gasteiger partial charge in [0.05, 0.1) is 26.7 Å². The van der Waals surface area contributed by atoms with Crippen LogP contribution in [0.5, 0.6) is 11.6 Å². The van der Waals surface area contributed by atoms with Crippen molar-refractivity contribution in [2.45, 2.75) is 25.5 Å². The summed E-state index contributed by atoms with van der Waals surface area (Å²) in [5.41, 5.74) is 8.17. The van der Waals surface area contributed by atoms with Crippen LogP contribution < -0.4 is 15.0 Å². The highest BCUT2D eigenvalue weighted by Crippen LogP contribution is 2.49. The highest BCUT2D eigenvalue weighted by Gasteiger charge is 2.34. The number of rotatable bonds is 5. The SMILES string of the molecule is COc1nc(N)nc2c1ncn2C1CC(COP2OCc3ccccc3O2)C1. The van der Waals surface area contributed by atoms with Gasteiger partial charge in [-0.1, -0.05) is 18.2 Å². The number of anilines is 1. The van der Waals surface area contributed by atoms with Crippen LogP contribution in [-0.2, 0) is 15.7 Å². The first-order valence-corrected chi connectivity index (χ1v) is 10.2. The minimum absolute atomic E-state index is 0.181. The molecule has 0 radical (unpaired) electrons. The average Bonchev–Trinajstić information content (AvgIpc) is 3.09. The second-order valence-corrected chi connectivity index (χ2v) is 8.04. The van der Waals surface area contributed by atoms with E-state index in [1.54, 1.807) is 13.4 Å². The summed E-state index contributed by atoms with van der Waals surface area (Å²) in [4.78, 5) is 12.8. The van der Waals surface area contributed by atoms with Crippen LogP contribution in [0, 0.1) is 5.92 Å². The van der Waals surface area contributed by atoms with Gasteiger partial charge in [0.1, 0.15) is 5.75 Å². The molecule has 1 saturated carbocycles. The van der Waals surface area contributed by atoms with Crippen molar-refractivity contribution in [3.8, 4) is 11.6 Å². The van der Waals surface area contributed by atoms with Gasteiger partial charge in [0.15, 0.2) is 11.2 Å². The van der Waals surface area contributed by atoms with Crippen LogP contribution >= 0.6 is 8.60 Å². The molecule has 1 aliphatic heterocycles. The number of nitrogens with zero attached hydrogens (tertiary/aromatic N) is 4. The average molecular weight is 401 g/mol. The molecule has 2 aliphatic rings. The van der Waals surface area contributed by atoms with Gasteiger partial charge < -0.3 is 24.1 Å². The second-order valence-electron chi connectivity index (χ2n) is 6.90. The molecule has 146 valence electrons. The maximum absolute atomic E-state index is 5.88. The molecule has 0 amide bonds. The zero-order chi connectivity index (χ0) is 19.1. The summed E-state index contributed by atoms with van der Waals surface area (Å²) in [7, 11) is 0.214. The molecule has 3 aromatic rings. The van der Waals surface area contributed by atoms with E-state index >= 15 is 0 Å². The Bertz CT molecular complexity index is 1010. The smallest absolute Gasteiger partial charge is 0.397 e. The van der Waals surface area contributed by atoms with Crippen molar-refractivity contribution in [1.82, 2.24) is 19.5 Å². The number of nitrogen functional groups attached to an aromatic ring is 1. The van der Waals surface area contributed by atoms with E-state index in [2.05, 4.69) is 15.0 Å². The Kier molecular flexibility index (Phi) is 4.50. The molecule has 0 spiro atoms. The van der Waals surface area contributed by atoms with Gasteiger partial charge in [0, 0.05) is 11.6 Å². The first-order valence-electron chi connectivity index (χ1n) is 9.07. The molecular formula is C18H20N5O4P. The molecule has 28 heavy (non-hydrogen) atoms. The normalized spacial score (nSPS) is 23.7. The number of hydrogen-bond acceptors (Lipinski definition) is 8. The molecule has 2 aromatic heterocycles. The van der Waals surface area contributed by atoms with E-state index in [4.69, 9.17) is 24.0 Å². The summed E-state index contributed by atoms with van der Waals surface area (Å²) in [6, 6.07) is 8.18. The summed E-state index contributed by atoms with van der Waals surface area (Å²) in [5.74, 6) is 1.87. The summed E-state index contributed by atoms with van der Waals surface area (Å²) in [6.45, 7) is 1.14. The van der Waals surface area contributed by atoms with Crippen molar-refractivity contribution < 1.29 is 18.3 Å². The molecule has 1 fully saturated rings. The Morgan fingerprint density at radius 2 is 2.14 bits per heavy atom. The number of benzene rings is 1. The van der Waals surface area contributed by atoms with Gasteiger partial charge in [-0.3, -0.25) is 4.52 Å². The molecular weight excluding hydrogens is 381 g/mol. The van der Waals surface area contributed by atoms with Gasteiger partial charge in [-0.05, 0) is 24.8 Å². The fourth-order valence-electron chi connectivity index (χ4n) is 3.55. The number of para-hydroxylation sites is 1. The Labute approximate surface area is 162 Å². The van der Waals surface area contributed by atoms with E-state index in [9.17, 15) is 0 Å².